The lowest BCUT2D eigenvalue weighted by Crippen LogP contribution is -2.18. The zero-order valence-electron chi connectivity index (χ0n) is 6.69. The van der Waals surface area contributed by atoms with Gasteiger partial charge in [0.05, 0.1) is 13.2 Å². The van der Waals surface area contributed by atoms with Gasteiger partial charge in [-0.05, 0) is 0 Å². The van der Waals surface area contributed by atoms with Crippen LogP contribution in [0, 0.1) is 0 Å². The predicted octanol–water partition coefficient (Wildman–Crippen LogP) is 1.19. The number of rotatable bonds is 6. The minimum atomic E-state index is -4.29. The maximum Gasteiger partial charge on any atom is 0.411 e. The molecule has 0 unspecified atom stereocenters. The van der Waals surface area contributed by atoms with Crippen LogP contribution in [0.3, 0.4) is 0 Å². The van der Waals surface area contributed by atoms with Gasteiger partial charge < -0.3 is 14.2 Å². The van der Waals surface area contributed by atoms with Crippen LogP contribution in [0.5, 0.6) is 0 Å². The Kier molecular flexibility index (Phi) is 6.04. The summed E-state index contributed by atoms with van der Waals surface area (Å²) in [5.74, 6) is 0. The lowest BCUT2D eigenvalue weighted by atomic mass is 10.7. The molecule has 0 aliphatic rings. The molecule has 0 amide bonds. The average molecular weight is 188 g/mol. The Morgan fingerprint density at radius 3 is 2.25 bits per heavy atom. The smallest absolute Gasteiger partial charge is 0.382 e. The number of hydrogen-bond acceptors (Lipinski definition) is 3. The summed E-state index contributed by atoms with van der Waals surface area (Å²) in [4.78, 5) is 0. The fourth-order valence-corrected chi connectivity index (χ4v) is 0.418. The third-order valence-electron chi connectivity index (χ3n) is 0.864. The van der Waals surface area contributed by atoms with E-state index in [2.05, 4.69) is 14.2 Å². The molecule has 0 aliphatic carbocycles. The van der Waals surface area contributed by atoms with Crippen LogP contribution in [0.4, 0.5) is 13.2 Å². The minimum Gasteiger partial charge on any atom is -0.382 e. The monoisotopic (exact) mass is 188 g/mol. The first-order chi connectivity index (χ1) is 5.56. The van der Waals surface area contributed by atoms with Crippen molar-refractivity contribution in [2.75, 3.05) is 33.7 Å². The molecule has 3 nitrogen and oxygen atoms in total. The fraction of sp³-hybridized carbons (Fsp3) is 1.00. The Hall–Kier alpha value is -0.330. The molecule has 0 aromatic heterocycles. The van der Waals surface area contributed by atoms with Crippen molar-refractivity contribution in [3.63, 3.8) is 0 Å². The molecule has 0 aromatic carbocycles. The molecule has 0 aromatic rings. The third kappa shape index (κ3) is 9.67. The van der Waals surface area contributed by atoms with Crippen LogP contribution in [0.1, 0.15) is 0 Å². The first-order valence-electron chi connectivity index (χ1n) is 3.27. The lowest BCUT2D eigenvalue weighted by molar-refractivity contribution is -0.197. The van der Waals surface area contributed by atoms with E-state index in [0.717, 1.165) is 0 Å². The van der Waals surface area contributed by atoms with E-state index >= 15 is 0 Å². The molecule has 12 heavy (non-hydrogen) atoms. The molecule has 0 saturated heterocycles. The minimum absolute atomic E-state index is 0.231. The standard InChI is InChI=1S/C6H11F3O3/c1-10-2-3-11-5-12-4-6(7,8)9/h2-5H2,1H3. The summed E-state index contributed by atoms with van der Waals surface area (Å²) in [7, 11) is 1.47. The normalized spacial score (nSPS) is 12.0. The van der Waals surface area contributed by atoms with Crippen LogP contribution in [0.15, 0.2) is 0 Å². The topological polar surface area (TPSA) is 27.7 Å². The van der Waals surface area contributed by atoms with Gasteiger partial charge in [-0.25, -0.2) is 0 Å². The zero-order chi connectivity index (χ0) is 9.45. The van der Waals surface area contributed by atoms with Gasteiger partial charge in [-0.3, -0.25) is 0 Å². The Bertz CT molecular complexity index is 105. The highest BCUT2D eigenvalue weighted by Crippen LogP contribution is 2.13. The summed E-state index contributed by atoms with van der Waals surface area (Å²) in [5.41, 5.74) is 0. The van der Waals surface area contributed by atoms with Gasteiger partial charge in [0, 0.05) is 7.11 Å². The quantitative estimate of drug-likeness (QED) is 0.462. The Morgan fingerprint density at radius 2 is 1.75 bits per heavy atom. The van der Waals surface area contributed by atoms with Crippen LogP contribution in [0.25, 0.3) is 0 Å². The van der Waals surface area contributed by atoms with E-state index in [9.17, 15) is 13.2 Å². The summed E-state index contributed by atoms with van der Waals surface area (Å²) in [5, 5.41) is 0. The maximum atomic E-state index is 11.4. The van der Waals surface area contributed by atoms with Gasteiger partial charge in [-0.15, -0.1) is 0 Å². The molecule has 0 bridgehead atoms. The first kappa shape index (κ1) is 11.7. The first-order valence-corrected chi connectivity index (χ1v) is 3.27. The summed E-state index contributed by atoms with van der Waals surface area (Å²) in [6.07, 6.45) is -4.29. The van der Waals surface area contributed by atoms with Crippen molar-refractivity contribution in [3.8, 4) is 0 Å². The maximum absolute atomic E-state index is 11.4. The van der Waals surface area contributed by atoms with Crippen molar-refractivity contribution in [3.05, 3.63) is 0 Å². The van der Waals surface area contributed by atoms with E-state index in [1.807, 2.05) is 0 Å². The van der Waals surface area contributed by atoms with Crippen LogP contribution >= 0.6 is 0 Å². The molecule has 0 fully saturated rings. The highest BCUT2D eigenvalue weighted by molar-refractivity contribution is 4.43. The van der Waals surface area contributed by atoms with E-state index in [-0.39, 0.29) is 13.4 Å². The van der Waals surface area contributed by atoms with Crippen LogP contribution in [-0.2, 0) is 14.2 Å². The molecule has 0 radical (unpaired) electrons. The molecule has 0 aliphatic heterocycles. The van der Waals surface area contributed by atoms with Gasteiger partial charge in [0.15, 0.2) is 0 Å². The Morgan fingerprint density at radius 1 is 1.08 bits per heavy atom. The van der Waals surface area contributed by atoms with Crippen molar-refractivity contribution < 1.29 is 27.4 Å². The van der Waals surface area contributed by atoms with Gasteiger partial charge in [0.2, 0.25) is 0 Å². The highest BCUT2D eigenvalue weighted by atomic mass is 19.4. The van der Waals surface area contributed by atoms with E-state index in [4.69, 9.17) is 0 Å². The summed E-state index contributed by atoms with van der Waals surface area (Å²) in [6, 6.07) is 0. The van der Waals surface area contributed by atoms with Gasteiger partial charge in [0.25, 0.3) is 0 Å². The highest BCUT2D eigenvalue weighted by Gasteiger charge is 2.27. The molecule has 0 rings (SSSR count). The summed E-state index contributed by atoms with van der Waals surface area (Å²) < 4.78 is 47.6. The molecule has 74 valence electrons. The number of hydrogen-bond donors (Lipinski definition) is 0. The van der Waals surface area contributed by atoms with Crippen molar-refractivity contribution in [1.29, 1.82) is 0 Å². The van der Waals surface area contributed by atoms with Crippen molar-refractivity contribution in [2.24, 2.45) is 0 Å². The second-order valence-corrected chi connectivity index (χ2v) is 1.98. The SMILES string of the molecule is COCCOCOCC(F)(F)F. The van der Waals surface area contributed by atoms with Gasteiger partial charge in [0.1, 0.15) is 13.4 Å². The molecule has 0 heterocycles. The van der Waals surface area contributed by atoms with Gasteiger partial charge >= 0.3 is 6.18 Å². The van der Waals surface area contributed by atoms with Crippen molar-refractivity contribution in [1.82, 2.24) is 0 Å². The average Bonchev–Trinajstić information content (AvgIpc) is 1.94. The Balaban J connectivity index is 3.01. The summed E-state index contributed by atoms with van der Waals surface area (Å²) >= 11 is 0. The third-order valence-corrected chi connectivity index (χ3v) is 0.864. The zero-order valence-corrected chi connectivity index (χ0v) is 6.69. The largest absolute Gasteiger partial charge is 0.411 e. The molecular weight excluding hydrogens is 177 g/mol. The molecule has 0 spiro atoms. The van der Waals surface area contributed by atoms with Crippen molar-refractivity contribution in [2.45, 2.75) is 6.18 Å². The Labute approximate surface area is 68.4 Å². The van der Waals surface area contributed by atoms with Crippen LogP contribution in [-0.4, -0.2) is 39.9 Å². The fourth-order valence-electron chi connectivity index (χ4n) is 0.418. The predicted molar refractivity (Wildman–Crippen MR) is 34.7 cm³/mol. The molecule has 6 heteroatoms. The van der Waals surface area contributed by atoms with Crippen molar-refractivity contribution >= 4 is 0 Å². The molecule has 0 N–H and O–H groups in total. The van der Waals surface area contributed by atoms with E-state index in [1.54, 1.807) is 0 Å². The van der Waals surface area contributed by atoms with Gasteiger partial charge in [-0.2, -0.15) is 13.2 Å². The van der Waals surface area contributed by atoms with Crippen LogP contribution < -0.4 is 0 Å². The van der Waals surface area contributed by atoms with E-state index in [0.29, 0.717) is 6.61 Å². The molecule has 0 atom stereocenters. The second-order valence-electron chi connectivity index (χ2n) is 1.98. The molecular formula is C6H11F3O3. The number of halogens is 3. The number of alkyl halides is 3. The van der Waals surface area contributed by atoms with E-state index < -0.39 is 12.8 Å². The van der Waals surface area contributed by atoms with Gasteiger partial charge in [-0.1, -0.05) is 0 Å². The lowest BCUT2D eigenvalue weighted by Gasteiger charge is -2.07. The van der Waals surface area contributed by atoms with Crippen LogP contribution in [0.2, 0.25) is 0 Å². The van der Waals surface area contributed by atoms with E-state index in [1.165, 1.54) is 7.11 Å². The number of ether oxygens (including phenoxy) is 3. The number of methoxy groups -OCH3 is 1. The summed E-state index contributed by atoms with van der Waals surface area (Å²) in [6.45, 7) is -1.06. The molecule has 0 saturated carbocycles. The second kappa shape index (κ2) is 6.22.